The van der Waals surface area contributed by atoms with Crippen LogP contribution in [0, 0.1) is 0 Å². The van der Waals surface area contributed by atoms with Gasteiger partial charge in [-0.25, -0.2) is 15.0 Å². The number of hydrogen-bond donors (Lipinski definition) is 0. The molecule has 0 aliphatic rings. The van der Waals surface area contributed by atoms with Crippen molar-refractivity contribution in [3.63, 3.8) is 0 Å². The van der Waals surface area contributed by atoms with Crippen LogP contribution in [0.15, 0.2) is 146 Å². The van der Waals surface area contributed by atoms with Crippen molar-refractivity contribution in [2.75, 3.05) is 0 Å². The van der Waals surface area contributed by atoms with Crippen molar-refractivity contribution >= 4 is 32.3 Å². The van der Waals surface area contributed by atoms with Gasteiger partial charge in [-0.2, -0.15) is 0 Å². The SMILES string of the molecule is c1ccc2cc(-c3nc(-c4ccc(-c5cc6ccccc6cn5)cc4)nc(-c4ccc5ccccc5c4)n3)ccc2c1. The Morgan fingerprint density at radius 3 is 1.26 bits per heavy atom. The molecule has 0 fully saturated rings. The van der Waals surface area contributed by atoms with E-state index in [1.54, 1.807) is 0 Å². The Morgan fingerprint density at radius 2 is 0.714 bits per heavy atom. The molecule has 4 heteroatoms. The second-order valence-electron chi connectivity index (χ2n) is 10.4. The van der Waals surface area contributed by atoms with Gasteiger partial charge in [0, 0.05) is 33.8 Å². The van der Waals surface area contributed by atoms with Gasteiger partial charge in [0.25, 0.3) is 0 Å². The molecule has 8 rings (SSSR count). The minimum absolute atomic E-state index is 0.634. The fraction of sp³-hybridized carbons (Fsp3) is 0. The Labute approximate surface area is 243 Å². The predicted octanol–water partition coefficient (Wildman–Crippen LogP) is 9.39. The summed E-state index contributed by atoms with van der Waals surface area (Å²) in [7, 11) is 0. The Hall–Kier alpha value is -5.74. The van der Waals surface area contributed by atoms with Crippen LogP contribution >= 0.6 is 0 Å². The van der Waals surface area contributed by atoms with Crippen LogP contribution in [0.25, 0.3) is 77.7 Å². The standard InChI is InChI=1S/C38H24N4/c1-3-9-29-21-32(19-13-25(29)7-1)37-40-36(41-38(42-37)33-20-14-26-8-2-4-10-30(26)22-33)28-17-15-27(16-18-28)35-23-31-11-5-6-12-34(31)24-39-35/h1-24H. The van der Waals surface area contributed by atoms with Crippen molar-refractivity contribution in [1.29, 1.82) is 0 Å². The van der Waals surface area contributed by atoms with Crippen LogP contribution < -0.4 is 0 Å². The molecule has 0 spiro atoms. The van der Waals surface area contributed by atoms with E-state index in [1.807, 2.05) is 12.3 Å². The summed E-state index contributed by atoms with van der Waals surface area (Å²) in [6.07, 6.45) is 1.93. The lowest BCUT2D eigenvalue weighted by atomic mass is 10.0. The van der Waals surface area contributed by atoms with E-state index in [4.69, 9.17) is 19.9 Å². The third-order valence-corrected chi connectivity index (χ3v) is 7.72. The van der Waals surface area contributed by atoms with Gasteiger partial charge in [-0.15, -0.1) is 0 Å². The van der Waals surface area contributed by atoms with Crippen molar-refractivity contribution in [2.24, 2.45) is 0 Å². The zero-order valence-electron chi connectivity index (χ0n) is 22.6. The number of fused-ring (bicyclic) bond motifs is 3. The molecule has 0 amide bonds. The first-order chi connectivity index (χ1) is 20.8. The highest BCUT2D eigenvalue weighted by atomic mass is 15.0. The van der Waals surface area contributed by atoms with E-state index in [1.165, 1.54) is 16.2 Å². The van der Waals surface area contributed by atoms with E-state index < -0.39 is 0 Å². The first kappa shape index (κ1) is 24.1. The molecule has 4 nitrogen and oxygen atoms in total. The Bertz CT molecular complexity index is 2160. The summed E-state index contributed by atoms with van der Waals surface area (Å²) < 4.78 is 0. The van der Waals surface area contributed by atoms with E-state index in [9.17, 15) is 0 Å². The summed E-state index contributed by atoms with van der Waals surface area (Å²) in [6, 6.07) is 48.1. The van der Waals surface area contributed by atoms with Gasteiger partial charge in [-0.1, -0.05) is 121 Å². The van der Waals surface area contributed by atoms with Gasteiger partial charge in [0.15, 0.2) is 17.5 Å². The fourth-order valence-corrected chi connectivity index (χ4v) is 5.45. The Balaban J connectivity index is 1.25. The lowest BCUT2D eigenvalue weighted by Crippen LogP contribution is -2.00. The van der Waals surface area contributed by atoms with Crippen LogP contribution in [0.3, 0.4) is 0 Å². The first-order valence-corrected chi connectivity index (χ1v) is 14.0. The first-order valence-electron chi connectivity index (χ1n) is 14.0. The van der Waals surface area contributed by atoms with Crippen molar-refractivity contribution in [1.82, 2.24) is 19.9 Å². The average Bonchev–Trinajstić information content (AvgIpc) is 3.07. The van der Waals surface area contributed by atoms with Crippen LogP contribution in [-0.2, 0) is 0 Å². The highest BCUT2D eigenvalue weighted by Gasteiger charge is 2.14. The number of pyridine rings is 1. The molecule has 0 N–H and O–H groups in total. The topological polar surface area (TPSA) is 51.6 Å². The Morgan fingerprint density at radius 1 is 0.310 bits per heavy atom. The molecule has 6 aromatic carbocycles. The zero-order valence-corrected chi connectivity index (χ0v) is 22.6. The van der Waals surface area contributed by atoms with Crippen LogP contribution in [-0.4, -0.2) is 19.9 Å². The number of nitrogens with zero attached hydrogens (tertiary/aromatic N) is 4. The van der Waals surface area contributed by atoms with Gasteiger partial charge in [-0.3, -0.25) is 4.98 Å². The third-order valence-electron chi connectivity index (χ3n) is 7.72. The van der Waals surface area contributed by atoms with Crippen molar-refractivity contribution in [3.05, 3.63) is 146 Å². The number of hydrogen-bond acceptors (Lipinski definition) is 4. The van der Waals surface area contributed by atoms with E-state index in [2.05, 4.69) is 133 Å². The van der Waals surface area contributed by atoms with Crippen molar-refractivity contribution < 1.29 is 0 Å². The second-order valence-corrected chi connectivity index (χ2v) is 10.4. The summed E-state index contributed by atoms with van der Waals surface area (Å²) in [5.74, 6) is 1.93. The average molecular weight is 537 g/mol. The second kappa shape index (κ2) is 10.0. The van der Waals surface area contributed by atoms with Gasteiger partial charge in [0.05, 0.1) is 5.69 Å². The molecule has 196 valence electrons. The summed E-state index contributed by atoms with van der Waals surface area (Å²) in [5, 5.41) is 6.97. The molecule has 2 aromatic heterocycles. The number of rotatable bonds is 4. The van der Waals surface area contributed by atoms with Crippen LogP contribution in [0.5, 0.6) is 0 Å². The molecular formula is C38H24N4. The largest absolute Gasteiger partial charge is 0.256 e. The van der Waals surface area contributed by atoms with Gasteiger partial charge in [0.1, 0.15) is 0 Å². The fourth-order valence-electron chi connectivity index (χ4n) is 5.45. The number of aromatic nitrogens is 4. The van der Waals surface area contributed by atoms with Gasteiger partial charge >= 0.3 is 0 Å². The smallest absolute Gasteiger partial charge is 0.164 e. The quantitative estimate of drug-likeness (QED) is 0.225. The maximum Gasteiger partial charge on any atom is 0.164 e. The molecule has 0 aliphatic heterocycles. The summed E-state index contributed by atoms with van der Waals surface area (Å²) >= 11 is 0. The molecule has 0 radical (unpaired) electrons. The molecule has 0 aliphatic carbocycles. The van der Waals surface area contributed by atoms with E-state index in [0.29, 0.717) is 17.5 Å². The molecule has 0 saturated carbocycles. The maximum absolute atomic E-state index is 4.97. The summed E-state index contributed by atoms with van der Waals surface area (Å²) in [5.41, 5.74) is 4.81. The van der Waals surface area contributed by atoms with Crippen molar-refractivity contribution in [3.8, 4) is 45.4 Å². The zero-order chi connectivity index (χ0) is 27.9. The number of benzene rings is 6. The third kappa shape index (κ3) is 4.45. The monoisotopic (exact) mass is 536 g/mol. The summed E-state index contributed by atoms with van der Waals surface area (Å²) in [4.78, 5) is 19.6. The van der Waals surface area contributed by atoms with E-state index in [0.717, 1.165) is 44.1 Å². The molecule has 2 heterocycles. The van der Waals surface area contributed by atoms with Gasteiger partial charge < -0.3 is 0 Å². The van der Waals surface area contributed by atoms with E-state index in [-0.39, 0.29) is 0 Å². The van der Waals surface area contributed by atoms with Crippen molar-refractivity contribution in [2.45, 2.75) is 0 Å². The highest BCUT2D eigenvalue weighted by molar-refractivity contribution is 5.89. The molecule has 0 bridgehead atoms. The molecule has 0 saturated heterocycles. The van der Waals surface area contributed by atoms with Crippen LogP contribution in [0.2, 0.25) is 0 Å². The predicted molar refractivity (Wildman–Crippen MR) is 172 cm³/mol. The van der Waals surface area contributed by atoms with Crippen LogP contribution in [0.4, 0.5) is 0 Å². The van der Waals surface area contributed by atoms with E-state index >= 15 is 0 Å². The molecular weight excluding hydrogens is 512 g/mol. The molecule has 0 atom stereocenters. The molecule has 42 heavy (non-hydrogen) atoms. The highest BCUT2D eigenvalue weighted by Crippen LogP contribution is 2.30. The van der Waals surface area contributed by atoms with Gasteiger partial charge in [0.2, 0.25) is 0 Å². The summed E-state index contributed by atoms with van der Waals surface area (Å²) in [6.45, 7) is 0. The Kier molecular flexibility index (Phi) is 5.75. The normalized spacial score (nSPS) is 11.3. The van der Waals surface area contributed by atoms with Crippen LogP contribution in [0.1, 0.15) is 0 Å². The van der Waals surface area contributed by atoms with Gasteiger partial charge in [-0.05, 0) is 45.1 Å². The minimum Gasteiger partial charge on any atom is -0.256 e. The lowest BCUT2D eigenvalue weighted by molar-refractivity contribution is 1.07. The maximum atomic E-state index is 4.97. The molecule has 0 unspecified atom stereocenters. The minimum atomic E-state index is 0.634. The molecule has 8 aromatic rings. The lowest BCUT2D eigenvalue weighted by Gasteiger charge is -2.10.